The van der Waals surface area contributed by atoms with Crippen LogP contribution in [-0.4, -0.2) is 6.04 Å². The lowest BCUT2D eigenvalue weighted by Gasteiger charge is -2.26. The van der Waals surface area contributed by atoms with Gasteiger partial charge < -0.3 is 5.73 Å². The minimum absolute atomic E-state index is 0.490. The van der Waals surface area contributed by atoms with Crippen LogP contribution >= 0.6 is 0 Å². The minimum atomic E-state index is 0.490. The van der Waals surface area contributed by atoms with Crippen LogP contribution in [0.2, 0.25) is 0 Å². The molecule has 0 aliphatic heterocycles. The third-order valence-electron chi connectivity index (χ3n) is 3.84. The van der Waals surface area contributed by atoms with Gasteiger partial charge in [0.2, 0.25) is 0 Å². The van der Waals surface area contributed by atoms with Crippen molar-refractivity contribution in [2.45, 2.75) is 77.7 Å². The predicted molar refractivity (Wildman–Crippen MR) is 67.9 cm³/mol. The van der Waals surface area contributed by atoms with E-state index >= 15 is 0 Å². The van der Waals surface area contributed by atoms with Gasteiger partial charge in [0.25, 0.3) is 0 Å². The molecule has 0 radical (unpaired) electrons. The second-order valence-corrected chi connectivity index (χ2v) is 5.63. The lowest BCUT2D eigenvalue weighted by atomic mass is 9.82. The molecule has 0 spiro atoms. The fraction of sp³-hybridized carbons (Fsp3) is 1.00. The summed E-state index contributed by atoms with van der Waals surface area (Å²) in [5.41, 5.74) is 6.14. The average molecular weight is 211 g/mol. The van der Waals surface area contributed by atoms with E-state index in [1.165, 1.54) is 57.8 Å². The number of hydrogen-bond donors (Lipinski definition) is 1. The maximum absolute atomic E-state index is 6.14. The van der Waals surface area contributed by atoms with Crippen molar-refractivity contribution in [2.24, 2.45) is 17.6 Å². The number of nitrogens with two attached hydrogens (primary N) is 1. The van der Waals surface area contributed by atoms with Crippen molar-refractivity contribution in [1.82, 2.24) is 0 Å². The molecule has 2 unspecified atom stereocenters. The summed E-state index contributed by atoms with van der Waals surface area (Å²) >= 11 is 0. The van der Waals surface area contributed by atoms with Crippen LogP contribution in [0.4, 0.5) is 0 Å². The maximum atomic E-state index is 6.14. The van der Waals surface area contributed by atoms with Gasteiger partial charge in [-0.3, -0.25) is 0 Å². The standard InChI is InChI=1S/C14H29N/c1-3-7-12(2)10-13-8-5-4-6-9-14(15)11-13/h12-14H,3-11,15H2,1-2H3/t12?,13-,14?/m0/s1. The second-order valence-electron chi connectivity index (χ2n) is 5.63. The molecule has 1 nitrogen and oxygen atoms in total. The first-order valence-corrected chi connectivity index (χ1v) is 6.98. The normalized spacial score (nSPS) is 30.6. The zero-order valence-electron chi connectivity index (χ0n) is 10.7. The SMILES string of the molecule is CCCC(C)C[C@@H]1CCCCCC(N)C1. The summed E-state index contributed by atoms with van der Waals surface area (Å²) in [4.78, 5) is 0. The zero-order valence-corrected chi connectivity index (χ0v) is 10.7. The average Bonchev–Trinajstić information content (AvgIpc) is 2.13. The van der Waals surface area contributed by atoms with Crippen LogP contribution in [0.5, 0.6) is 0 Å². The van der Waals surface area contributed by atoms with Crippen LogP contribution in [-0.2, 0) is 0 Å². The number of hydrogen-bond acceptors (Lipinski definition) is 1. The largest absolute Gasteiger partial charge is 0.328 e. The van der Waals surface area contributed by atoms with Crippen molar-refractivity contribution < 1.29 is 0 Å². The molecule has 1 heteroatoms. The molecule has 0 heterocycles. The Labute approximate surface area is 95.8 Å². The highest BCUT2D eigenvalue weighted by Crippen LogP contribution is 2.28. The van der Waals surface area contributed by atoms with Crippen molar-refractivity contribution in [3.8, 4) is 0 Å². The van der Waals surface area contributed by atoms with Gasteiger partial charge in [0.05, 0.1) is 0 Å². The van der Waals surface area contributed by atoms with E-state index < -0.39 is 0 Å². The van der Waals surface area contributed by atoms with Crippen LogP contribution in [0.1, 0.15) is 71.6 Å². The third-order valence-corrected chi connectivity index (χ3v) is 3.84. The lowest BCUT2D eigenvalue weighted by molar-refractivity contribution is 0.287. The zero-order chi connectivity index (χ0) is 11.1. The summed E-state index contributed by atoms with van der Waals surface area (Å²) < 4.78 is 0. The molecule has 1 saturated carbocycles. The first-order chi connectivity index (χ1) is 7.22. The van der Waals surface area contributed by atoms with E-state index in [2.05, 4.69) is 13.8 Å². The summed E-state index contributed by atoms with van der Waals surface area (Å²) in [7, 11) is 0. The smallest absolute Gasteiger partial charge is 0.00414 e. The fourth-order valence-electron chi connectivity index (χ4n) is 3.07. The molecule has 1 aliphatic rings. The Kier molecular flexibility index (Phi) is 6.31. The van der Waals surface area contributed by atoms with Gasteiger partial charge in [-0.05, 0) is 31.1 Å². The topological polar surface area (TPSA) is 26.0 Å². The first-order valence-electron chi connectivity index (χ1n) is 6.98. The summed E-state index contributed by atoms with van der Waals surface area (Å²) in [6.07, 6.45) is 12.3. The molecular formula is C14H29N. The molecule has 0 bridgehead atoms. The van der Waals surface area contributed by atoms with Gasteiger partial charge >= 0.3 is 0 Å². The summed E-state index contributed by atoms with van der Waals surface area (Å²) in [5, 5.41) is 0. The second kappa shape index (κ2) is 7.27. The highest BCUT2D eigenvalue weighted by molar-refractivity contribution is 4.73. The monoisotopic (exact) mass is 211 g/mol. The highest BCUT2D eigenvalue weighted by atomic mass is 14.6. The Balaban J connectivity index is 2.30. The van der Waals surface area contributed by atoms with E-state index in [1.54, 1.807) is 0 Å². The molecule has 0 saturated heterocycles. The summed E-state index contributed by atoms with van der Waals surface area (Å²) in [5.74, 6) is 1.83. The van der Waals surface area contributed by atoms with E-state index in [4.69, 9.17) is 5.73 Å². The molecule has 3 atom stereocenters. The Morgan fingerprint density at radius 1 is 1.20 bits per heavy atom. The third kappa shape index (κ3) is 5.55. The fourth-order valence-corrected chi connectivity index (χ4v) is 3.07. The quantitative estimate of drug-likeness (QED) is 0.744. The molecule has 1 aliphatic carbocycles. The Morgan fingerprint density at radius 2 is 1.93 bits per heavy atom. The van der Waals surface area contributed by atoms with Crippen molar-refractivity contribution in [2.75, 3.05) is 0 Å². The van der Waals surface area contributed by atoms with Gasteiger partial charge in [0, 0.05) is 6.04 Å². The summed E-state index contributed by atoms with van der Waals surface area (Å²) in [6.45, 7) is 4.70. The van der Waals surface area contributed by atoms with E-state index in [9.17, 15) is 0 Å². The van der Waals surface area contributed by atoms with Crippen LogP contribution < -0.4 is 5.73 Å². The number of rotatable bonds is 4. The van der Waals surface area contributed by atoms with Gasteiger partial charge in [-0.1, -0.05) is 52.4 Å². The van der Waals surface area contributed by atoms with Gasteiger partial charge in [0.1, 0.15) is 0 Å². The molecular weight excluding hydrogens is 182 g/mol. The molecule has 2 N–H and O–H groups in total. The van der Waals surface area contributed by atoms with E-state index in [0.29, 0.717) is 6.04 Å². The minimum Gasteiger partial charge on any atom is -0.328 e. The van der Waals surface area contributed by atoms with Gasteiger partial charge in [-0.2, -0.15) is 0 Å². The maximum Gasteiger partial charge on any atom is 0.00414 e. The lowest BCUT2D eigenvalue weighted by Crippen LogP contribution is -2.25. The van der Waals surface area contributed by atoms with E-state index in [-0.39, 0.29) is 0 Å². The van der Waals surface area contributed by atoms with Crippen LogP contribution in [0, 0.1) is 11.8 Å². The van der Waals surface area contributed by atoms with Crippen LogP contribution in [0.25, 0.3) is 0 Å². The highest BCUT2D eigenvalue weighted by Gasteiger charge is 2.18. The van der Waals surface area contributed by atoms with Crippen molar-refractivity contribution in [3.05, 3.63) is 0 Å². The predicted octanol–water partition coefficient (Wildman–Crippen LogP) is 4.11. The van der Waals surface area contributed by atoms with Crippen molar-refractivity contribution in [3.63, 3.8) is 0 Å². The Hall–Kier alpha value is -0.0400. The molecule has 0 aromatic heterocycles. The van der Waals surface area contributed by atoms with E-state index in [0.717, 1.165) is 11.8 Å². The molecule has 0 amide bonds. The molecule has 90 valence electrons. The van der Waals surface area contributed by atoms with E-state index in [1.807, 2.05) is 0 Å². The Bertz CT molecular complexity index is 155. The molecule has 15 heavy (non-hydrogen) atoms. The van der Waals surface area contributed by atoms with Crippen molar-refractivity contribution >= 4 is 0 Å². The van der Waals surface area contributed by atoms with Crippen molar-refractivity contribution in [1.29, 1.82) is 0 Å². The van der Waals surface area contributed by atoms with Gasteiger partial charge in [-0.25, -0.2) is 0 Å². The molecule has 0 aromatic carbocycles. The van der Waals surface area contributed by atoms with Crippen LogP contribution in [0.15, 0.2) is 0 Å². The van der Waals surface area contributed by atoms with Gasteiger partial charge in [0.15, 0.2) is 0 Å². The Morgan fingerprint density at radius 3 is 2.67 bits per heavy atom. The molecule has 0 aromatic rings. The van der Waals surface area contributed by atoms with Crippen LogP contribution in [0.3, 0.4) is 0 Å². The summed E-state index contributed by atoms with van der Waals surface area (Å²) in [6, 6.07) is 0.490. The molecule has 1 rings (SSSR count). The first kappa shape index (κ1) is 13.0. The molecule has 1 fully saturated rings. The van der Waals surface area contributed by atoms with Gasteiger partial charge in [-0.15, -0.1) is 0 Å².